The van der Waals surface area contributed by atoms with Crippen LogP contribution in [0.15, 0.2) is 0 Å². The van der Waals surface area contributed by atoms with Crippen molar-refractivity contribution >= 4 is 11.9 Å². The summed E-state index contributed by atoms with van der Waals surface area (Å²) in [5.74, 6) is -0.687. The van der Waals surface area contributed by atoms with E-state index in [2.05, 4.69) is 0 Å². The molecule has 1 rings (SSSR count). The molecular formula is C8H12O4. The van der Waals surface area contributed by atoms with Crippen LogP contribution >= 0.6 is 0 Å². The van der Waals surface area contributed by atoms with E-state index in [1.54, 1.807) is 0 Å². The number of cyclic esters (lactones) is 1. The molecule has 1 aliphatic heterocycles. The zero-order valence-corrected chi connectivity index (χ0v) is 7.04. The third-order valence-electron chi connectivity index (χ3n) is 1.63. The highest BCUT2D eigenvalue weighted by Gasteiger charge is 2.20. The number of esters is 2. The van der Waals surface area contributed by atoms with Gasteiger partial charge < -0.3 is 9.47 Å². The van der Waals surface area contributed by atoms with Crippen molar-refractivity contribution in [3.63, 3.8) is 0 Å². The van der Waals surface area contributed by atoms with Crippen LogP contribution < -0.4 is 0 Å². The molecule has 1 atom stereocenters. The van der Waals surface area contributed by atoms with E-state index in [1.165, 1.54) is 6.92 Å². The minimum Gasteiger partial charge on any atom is -0.425 e. The fourth-order valence-corrected chi connectivity index (χ4v) is 1.11. The van der Waals surface area contributed by atoms with Crippen LogP contribution in [0, 0.1) is 0 Å². The van der Waals surface area contributed by atoms with Crippen LogP contribution in [0.2, 0.25) is 0 Å². The molecule has 4 nitrogen and oxygen atoms in total. The Labute approximate surface area is 70.8 Å². The van der Waals surface area contributed by atoms with E-state index in [1.807, 2.05) is 0 Å². The molecule has 0 saturated carbocycles. The van der Waals surface area contributed by atoms with Crippen LogP contribution in [0.1, 0.15) is 32.6 Å². The lowest BCUT2D eigenvalue weighted by atomic mass is 10.2. The third kappa shape index (κ3) is 2.90. The molecule has 0 amide bonds. The first-order chi connectivity index (χ1) is 5.68. The molecule has 0 aromatic rings. The van der Waals surface area contributed by atoms with Gasteiger partial charge >= 0.3 is 11.9 Å². The van der Waals surface area contributed by atoms with Gasteiger partial charge in [-0.05, 0) is 12.8 Å². The van der Waals surface area contributed by atoms with E-state index in [-0.39, 0.29) is 5.97 Å². The normalized spacial score (nSPS) is 24.1. The fraction of sp³-hybridized carbons (Fsp3) is 0.750. The van der Waals surface area contributed by atoms with Gasteiger partial charge in [0.25, 0.3) is 0 Å². The van der Waals surface area contributed by atoms with Crippen LogP contribution in [0.4, 0.5) is 0 Å². The smallest absolute Gasteiger partial charge is 0.308 e. The summed E-state index contributed by atoms with van der Waals surface area (Å²) in [7, 11) is 0. The molecule has 0 aromatic carbocycles. The second-order valence-electron chi connectivity index (χ2n) is 2.77. The van der Waals surface area contributed by atoms with Gasteiger partial charge in [-0.25, -0.2) is 0 Å². The van der Waals surface area contributed by atoms with E-state index in [9.17, 15) is 9.59 Å². The minimum absolute atomic E-state index is 0.279. The van der Waals surface area contributed by atoms with Crippen molar-refractivity contribution in [1.29, 1.82) is 0 Å². The molecule has 1 unspecified atom stereocenters. The second kappa shape index (κ2) is 4.09. The van der Waals surface area contributed by atoms with Gasteiger partial charge in [0.05, 0.1) is 0 Å². The molecule has 0 aliphatic carbocycles. The Balaban J connectivity index is 2.41. The molecule has 1 heterocycles. The van der Waals surface area contributed by atoms with E-state index in [0.717, 1.165) is 12.8 Å². The number of carbonyl (C=O) groups excluding carboxylic acids is 2. The van der Waals surface area contributed by atoms with Gasteiger partial charge in [-0.3, -0.25) is 9.59 Å². The molecule has 12 heavy (non-hydrogen) atoms. The monoisotopic (exact) mass is 172 g/mol. The molecule has 0 N–H and O–H groups in total. The van der Waals surface area contributed by atoms with Crippen molar-refractivity contribution in [3.05, 3.63) is 0 Å². The molecule has 1 saturated heterocycles. The molecule has 0 spiro atoms. The molecule has 0 radical (unpaired) electrons. The van der Waals surface area contributed by atoms with Gasteiger partial charge in [0.2, 0.25) is 6.29 Å². The summed E-state index contributed by atoms with van der Waals surface area (Å²) in [4.78, 5) is 21.4. The zero-order valence-electron chi connectivity index (χ0n) is 7.04. The highest BCUT2D eigenvalue weighted by Crippen LogP contribution is 2.14. The lowest BCUT2D eigenvalue weighted by molar-refractivity contribution is -0.185. The summed E-state index contributed by atoms with van der Waals surface area (Å²) < 4.78 is 9.60. The molecule has 1 aliphatic rings. The van der Waals surface area contributed by atoms with Gasteiger partial charge in [-0.1, -0.05) is 0 Å². The van der Waals surface area contributed by atoms with Crippen molar-refractivity contribution < 1.29 is 19.1 Å². The number of hydrogen-bond acceptors (Lipinski definition) is 4. The van der Waals surface area contributed by atoms with E-state index in [0.29, 0.717) is 12.8 Å². The standard InChI is InChI=1S/C8H12O4/c1-6(9)11-8-5-3-2-4-7(10)12-8/h8H,2-5H2,1H3. The van der Waals surface area contributed by atoms with Gasteiger partial charge in [0, 0.05) is 19.8 Å². The van der Waals surface area contributed by atoms with Gasteiger partial charge in [0.15, 0.2) is 0 Å². The molecular weight excluding hydrogens is 160 g/mol. The average Bonchev–Trinajstić information content (AvgIpc) is 2.12. The number of hydrogen-bond donors (Lipinski definition) is 0. The molecule has 0 bridgehead atoms. The maximum absolute atomic E-state index is 10.9. The summed E-state index contributed by atoms with van der Waals surface area (Å²) in [6, 6.07) is 0. The maximum atomic E-state index is 10.9. The number of carbonyl (C=O) groups is 2. The predicted molar refractivity (Wildman–Crippen MR) is 40.1 cm³/mol. The Kier molecular flexibility index (Phi) is 3.08. The average molecular weight is 172 g/mol. The second-order valence-corrected chi connectivity index (χ2v) is 2.77. The van der Waals surface area contributed by atoms with Crippen LogP contribution in [0.5, 0.6) is 0 Å². The Morgan fingerprint density at radius 2 is 2.33 bits per heavy atom. The Morgan fingerprint density at radius 1 is 1.58 bits per heavy atom. The van der Waals surface area contributed by atoms with Crippen LogP contribution in [-0.2, 0) is 19.1 Å². The van der Waals surface area contributed by atoms with Gasteiger partial charge in [0.1, 0.15) is 0 Å². The largest absolute Gasteiger partial charge is 0.425 e. The van der Waals surface area contributed by atoms with Crippen LogP contribution in [0.25, 0.3) is 0 Å². The first-order valence-corrected chi connectivity index (χ1v) is 4.05. The van der Waals surface area contributed by atoms with E-state index in [4.69, 9.17) is 9.47 Å². The lowest BCUT2D eigenvalue weighted by Crippen LogP contribution is -2.21. The van der Waals surface area contributed by atoms with Crippen molar-refractivity contribution in [2.75, 3.05) is 0 Å². The number of rotatable bonds is 1. The summed E-state index contributed by atoms with van der Waals surface area (Å²) in [5.41, 5.74) is 0. The summed E-state index contributed by atoms with van der Waals surface area (Å²) in [5, 5.41) is 0. The van der Waals surface area contributed by atoms with Crippen molar-refractivity contribution in [2.24, 2.45) is 0 Å². The van der Waals surface area contributed by atoms with Gasteiger partial charge in [-0.2, -0.15) is 0 Å². The fourth-order valence-electron chi connectivity index (χ4n) is 1.11. The maximum Gasteiger partial charge on any atom is 0.308 e. The molecule has 68 valence electrons. The third-order valence-corrected chi connectivity index (χ3v) is 1.63. The highest BCUT2D eigenvalue weighted by molar-refractivity contribution is 5.70. The summed E-state index contributed by atoms with van der Waals surface area (Å²) >= 11 is 0. The van der Waals surface area contributed by atoms with Crippen LogP contribution in [-0.4, -0.2) is 18.2 Å². The van der Waals surface area contributed by atoms with Crippen molar-refractivity contribution in [2.45, 2.75) is 38.9 Å². The molecule has 1 fully saturated rings. The van der Waals surface area contributed by atoms with Gasteiger partial charge in [-0.15, -0.1) is 0 Å². The Morgan fingerprint density at radius 3 is 3.00 bits per heavy atom. The predicted octanol–water partition coefficient (Wildman–Crippen LogP) is 0.993. The SMILES string of the molecule is CC(=O)OC1CCCCC(=O)O1. The Hall–Kier alpha value is -1.06. The summed E-state index contributed by atoms with van der Waals surface area (Å²) in [6.45, 7) is 1.30. The quantitative estimate of drug-likeness (QED) is 0.553. The topological polar surface area (TPSA) is 52.6 Å². The molecule has 4 heteroatoms. The zero-order chi connectivity index (χ0) is 8.97. The lowest BCUT2D eigenvalue weighted by Gasteiger charge is -2.13. The van der Waals surface area contributed by atoms with Crippen LogP contribution in [0.3, 0.4) is 0 Å². The first-order valence-electron chi connectivity index (χ1n) is 4.05. The summed E-state index contributed by atoms with van der Waals surface area (Å²) in [6.07, 6.45) is 2.07. The minimum atomic E-state index is -0.655. The number of ether oxygens (including phenoxy) is 2. The first kappa shape index (κ1) is 9.03. The van der Waals surface area contributed by atoms with Crippen molar-refractivity contribution in [1.82, 2.24) is 0 Å². The van der Waals surface area contributed by atoms with E-state index < -0.39 is 12.3 Å². The molecule has 0 aromatic heterocycles. The van der Waals surface area contributed by atoms with E-state index >= 15 is 0 Å². The van der Waals surface area contributed by atoms with Crippen molar-refractivity contribution in [3.8, 4) is 0 Å². The highest BCUT2D eigenvalue weighted by atomic mass is 16.7. The Bertz CT molecular complexity index is 187.